The van der Waals surface area contributed by atoms with Gasteiger partial charge in [-0.3, -0.25) is 4.99 Å². The molecule has 25 heavy (non-hydrogen) atoms. The molecule has 0 radical (unpaired) electrons. The topological polar surface area (TPSA) is 67.4 Å². The Morgan fingerprint density at radius 3 is 2.80 bits per heavy atom. The van der Waals surface area contributed by atoms with Gasteiger partial charge in [-0.05, 0) is 37.5 Å². The number of fused-ring (bicyclic) bond motifs is 1. The Hall–Kier alpha value is -2.27. The van der Waals surface area contributed by atoms with E-state index in [4.69, 9.17) is 5.73 Å². The summed E-state index contributed by atoms with van der Waals surface area (Å²) in [6, 6.07) is 7.10. The maximum absolute atomic E-state index is 6.33. The molecule has 1 aliphatic carbocycles. The molecule has 5 heteroatoms. The average Bonchev–Trinajstić information content (AvgIpc) is 3.02. The number of nitrogens with two attached hydrogens (primary N) is 1. The van der Waals surface area contributed by atoms with E-state index in [0.29, 0.717) is 6.04 Å². The number of aryl methyl sites for hydroxylation is 1. The normalized spacial score (nSPS) is 23.5. The van der Waals surface area contributed by atoms with E-state index in [1.54, 1.807) is 0 Å². The van der Waals surface area contributed by atoms with Crippen LogP contribution in [0.2, 0.25) is 0 Å². The van der Waals surface area contributed by atoms with Crippen molar-refractivity contribution in [2.45, 2.75) is 44.2 Å². The van der Waals surface area contributed by atoms with Crippen molar-refractivity contribution >= 4 is 28.5 Å². The maximum Gasteiger partial charge on any atom is 0.0734 e. The molecular formula is C20H27N5. The number of aliphatic imine (C=N–C) groups is 1. The summed E-state index contributed by atoms with van der Waals surface area (Å²) in [6.45, 7) is 0.885. The third kappa shape index (κ3) is 3.29. The van der Waals surface area contributed by atoms with Crippen LogP contribution >= 0.6 is 0 Å². The van der Waals surface area contributed by atoms with Gasteiger partial charge in [0, 0.05) is 49.2 Å². The van der Waals surface area contributed by atoms with Crippen LogP contribution in [0.1, 0.15) is 32.1 Å². The minimum Gasteiger partial charge on any atom is -0.379 e. The van der Waals surface area contributed by atoms with Gasteiger partial charge in [0.05, 0.1) is 16.9 Å². The van der Waals surface area contributed by atoms with Crippen LogP contribution in [-0.4, -0.2) is 29.4 Å². The van der Waals surface area contributed by atoms with Gasteiger partial charge in [0.2, 0.25) is 0 Å². The van der Waals surface area contributed by atoms with Crippen LogP contribution in [0.3, 0.4) is 0 Å². The van der Waals surface area contributed by atoms with Gasteiger partial charge in [-0.1, -0.05) is 18.9 Å². The van der Waals surface area contributed by atoms with Gasteiger partial charge in [0.1, 0.15) is 0 Å². The smallest absolute Gasteiger partial charge is 0.0734 e. The van der Waals surface area contributed by atoms with E-state index >= 15 is 0 Å². The van der Waals surface area contributed by atoms with E-state index in [2.05, 4.69) is 57.7 Å². The molecule has 4 N–H and O–H groups in total. The van der Waals surface area contributed by atoms with Crippen molar-refractivity contribution < 1.29 is 0 Å². The van der Waals surface area contributed by atoms with Crippen molar-refractivity contribution in [1.29, 1.82) is 0 Å². The summed E-state index contributed by atoms with van der Waals surface area (Å²) in [6.07, 6.45) is 12.0. The van der Waals surface area contributed by atoms with Crippen LogP contribution in [0.4, 0.5) is 11.4 Å². The van der Waals surface area contributed by atoms with Crippen LogP contribution in [0.15, 0.2) is 41.2 Å². The molecule has 0 unspecified atom stereocenters. The maximum atomic E-state index is 6.33. The molecule has 2 aromatic rings. The fraction of sp³-hybridized carbons (Fsp3) is 0.450. The fourth-order valence-electron chi connectivity index (χ4n) is 3.93. The van der Waals surface area contributed by atoms with Gasteiger partial charge < -0.3 is 20.9 Å². The number of dihydropyridines is 1. The quantitative estimate of drug-likeness (QED) is 0.798. The second-order valence-corrected chi connectivity index (χ2v) is 7.16. The molecule has 1 saturated carbocycles. The summed E-state index contributed by atoms with van der Waals surface area (Å²) in [5.74, 6) is 0. The SMILES string of the molecule is Cn1ccc2c(NC3=CCCN=C3)ccc(N[C@@H]3CCCC[C@@H]3N)c21. The number of benzene rings is 1. The molecule has 0 bridgehead atoms. The largest absolute Gasteiger partial charge is 0.379 e. The van der Waals surface area contributed by atoms with Crippen LogP contribution in [0.5, 0.6) is 0 Å². The lowest BCUT2D eigenvalue weighted by molar-refractivity contribution is 0.404. The van der Waals surface area contributed by atoms with Crippen LogP contribution in [-0.2, 0) is 7.05 Å². The highest BCUT2D eigenvalue weighted by molar-refractivity contribution is 6.02. The number of hydrogen-bond acceptors (Lipinski definition) is 4. The van der Waals surface area contributed by atoms with Crippen LogP contribution in [0, 0.1) is 0 Å². The van der Waals surface area contributed by atoms with Crippen LogP contribution in [0.25, 0.3) is 10.9 Å². The molecule has 0 saturated heterocycles. The number of nitrogens with one attached hydrogen (secondary N) is 2. The van der Waals surface area contributed by atoms with Crippen molar-refractivity contribution in [1.82, 2.24) is 4.57 Å². The minimum atomic E-state index is 0.241. The average molecular weight is 337 g/mol. The molecule has 132 valence electrons. The third-order valence-electron chi connectivity index (χ3n) is 5.33. The Bertz CT molecular complexity index is 817. The second kappa shape index (κ2) is 6.92. The molecule has 2 heterocycles. The first-order chi connectivity index (χ1) is 12.2. The van der Waals surface area contributed by atoms with Gasteiger partial charge in [-0.25, -0.2) is 0 Å². The summed E-state index contributed by atoms with van der Waals surface area (Å²) < 4.78 is 2.18. The number of anilines is 2. The monoisotopic (exact) mass is 337 g/mol. The summed E-state index contributed by atoms with van der Waals surface area (Å²) in [5.41, 5.74) is 10.9. The van der Waals surface area contributed by atoms with Crippen molar-refractivity contribution in [2.75, 3.05) is 17.2 Å². The molecule has 2 atom stereocenters. The number of nitrogens with zero attached hydrogens (tertiary/aromatic N) is 2. The number of allylic oxidation sites excluding steroid dienone is 1. The van der Waals surface area contributed by atoms with Gasteiger partial charge in [0.15, 0.2) is 0 Å². The highest BCUT2D eigenvalue weighted by Gasteiger charge is 2.22. The molecule has 5 nitrogen and oxygen atoms in total. The molecule has 1 aliphatic heterocycles. The predicted octanol–water partition coefficient (Wildman–Crippen LogP) is 3.63. The van der Waals surface area contributed by atoms with Gasteiger partial charge in [0.25, 0.3) is 0 Å². The minimum absolute atomic E-state index is 0.241. The first-order valence-electron chi connectivity index (χ1n) is 9.29. The van der Waals surface area contributed by atoms with E-state index in [1.165, 1.54) is 29.4 Å². The third-order valence-corrected chi connectivity index (χ3v) is 5.33. The summed E-state index contributed by atoms with van der Waals surface area (Å²) in [7, 11) is 2.10. The Morgan fingerprint density at radius 2 is 2.00 bits per heavy atom. The highest BCUT2D eigenvalue weighted by Crippen LogP contribution is 2.33. The molecule has 1 fully saturated rings. The second-order valence-electron chi connectivity index (χ2n) is 7.16. The zero-order valence-electron chi connectivity index (χ0n) is 14.8. The van der Waals surface area contributed by atoms with Crippen molar-refractivity contribution in [3.63, 3.8) is 0 Å². The number of aromatic nitrogens is 1. The Balaban J connectivity index is 1.65. The first kappa shape index (κ1) is 16.2. The summed E-state index contributed by atoms with van der Waals surface area (Å²) >= 11 is 0. The zero-order valence-corrected chi connectivity index (χ0v) is 14.8. The molecular weight excluding hydrogens is 310 g/mol. The van der Waals surface area contributed by atoms with E-state index in [-0.39, 0.29) is 6.04 Å². The van der Waals surface area contributed by atoms with Gasteiger partial charge >= 0.3 is 0 Å². The van der Waals surface area contributed by atoms with Crippen molar-refractivity contribution in [2.24, 2.45) is 17.8 Å². The van der Waals surface area contributed by atoms with E-state index in [1.807, 2.05) is 6.21 Å². The highest BCUT2D eigenvalue weighted by atomic mass is 15.0. The molecule has 0 amide bonds. The van der Waals surface area contributed by atoms with E-state index in [9.17, 15) is 0 Å². The van der Waals surface area contributed by atoms with Gasteiger partial charge in [-0.2, -0.15) is 0 Å². The fourth-order valence-corrected chi connectivity index (χ4v) is 3.93. The molecule has 4 rings (SSSR count). The van der Waals surface area contributed by atoms with Gasteiger partial charge in [-0.15, -0.1) is 0 Å². The predicted molar refractivity (Wildman–Crippen MR) is 106 cm³/mol. The lowest BCUT2D eigenvalue weighted by Crippen LogP contribution is -2.42. The summed E-state index contributed by atoms with van der Waals surface area (Å²) in [5, 5.41) is 8.46. The molecule has 1 aromatic carbocycles. The van der Waals surface area contributed by atoms with E-state index < -0.39 is 0 Å². The van der Waals surface area contributed by atoms with E-state index in [0.717, 1.165) is 37.2 Å². The standard InChI is InChI=1S/C20H27N5/c1-25-12-10-15-17(23-14-5-4-11-22-13-14)8-9-19(20(15)25)24-18-7-3-2-6-16(18)21/h5,8-10,12-13,16,18,23-24H,2-4,6-7,11,21H2,1H3/t16-,18+/m0/s1. The first-order valence-corrected chi connectivity index (χ1v) is 9.29. The number of rotatable bonds is 4. The summed E-state index contributed by atoms with van der Waals surface area (Å²) in [4.78, 5) is 4.36. The van der Waals surface area contributed by atoms with Crippen molar-refractivity contribution in [3.8, 4) is 0 Å². The number of hydrogen-bond donors (Lipinski definition) is 3. The molecule has 2 aliphatic rings. The Morgan fingerprint density at radius 1 is 1.16 bits per heavy atom. The van der Waals surface area contributed by atoms with Crippen LogP contribution < -0.4 is 16.4 Å². The Kier molecular flexibility index (Phi) is 4.49. The van der Waals surface area contributed by atoms with Crippen molar-refractivity contribution in [3.05, 3.63) is 36.2 Å². The molecule has 0 spiro atoms. The zero-order chi connectivity index (χ0) is 17.2. The Labute approximate surface area is 149 Å². The molecule has 1 aromatic heterocycles. The lowest BCUT2D eigenvalue weighted by Gasteiger charge is -2.30. The lowest BCUT2D eigenvalue weighted by atomic mass is 9.91.